The monoisotopic (exact) mass is 324 g/mol. The Bertz CT molecular complexity index is 736. The summed E-state index contributed by atoms with van der Waals surface area (Å²) < 4.78 is 26.9. The van der Waals surface area contributed by atoms with Crippen LogP contribution < -0.4 is 9.62 Å². The molecular formula is C15H20N2O2S2. The lowest BCUT2D eigenvalue weighted by molar-refractivity contribution is 0.594. The fourth-order valence-electron chi connectivity index (χ4n) is 2.15. The summed E-state index contributed by atoms with van der Waals surface area (Å²) in [5, 5.41) is 3.05. The van der Waals surface area contributed by atoms with E-state index in [4.69, 9.17) is 0 Å². The molecule has 2 aromatic rings. The number of rotatable bonds is 5. The van der Waals surface area contributed by atoms with Crippen molar-refractivity contribution in [2.45, 2.75) is 25.3 Å². The molecule has 0 bridgehead atoms. The van der Waals surface area contributed by atoms with Gasteiger partial charge in [0.15, 0.2) is 0 Å². The predicted molar refractivity (Wildman–Crippen MR) is 88.6 cm³/mol. The number of hydrogen-bond donors (Lipinski definition) is 1. The summed E-state index contributed by atoms with van der Waals surface area (Å²) in [5.74, 6) is 0. The summed E-state index contributed by atoms with van der Waals surface area (Å²) in [7, 11) is -0.0755. The zero-order valence-corrected chi connectivity index (χ0v) is 14.3. The Morgan fingerprint density at radius 3 is 2.57 bits per heavy atom. The topological polar surface area (TPSA) is 49.4 Å². The maximum absolute atomic E-state index is 12.8. The van der Waals surface area contributed by atoms with Crippen molar-refractivity contribution in [1.29, 1.82) is 0 Å². The van der Waals surface area contributed by atoms with Crippen LogP contribution >= 0.6 is 11.3 Å². The van der Waals surface area contributed by atoms with Gasteiger partial charge in [-0.15, -0.1) is 11.3 Å². The van der Waals surface area contributed by atoms with Gasteiger partial charge < -0.3 is 5.32 Å². The average Bonchev–Trinajstić information content (AvgIpc) is 2.80. The van der Waals surface area contributed by atoms with Gasteiger partial charge in [-0.2, -0.15) is 0 Å². The highest BCUT2D eigenvalue weighted by atomic mass is 32.2. The number of sulfonamides is 1. The molecule has 21 heavy (non-hydrogen) atoms. The molecule has 0 fully saturated rings. The maximum Gasteiger partial charge on any atom is 0.265 e. The van der Waals surface area contributed by atoms with Gasteiger partial charge in [-0.25, -0.2) is 8.42 Å². The number of aryl methyl sites for hydroxylation is 2. The van der Waals surface area contributed by atoms with Gasteiger partial charge in [0.05, 0.1) is 5.69 Å². The van der Waals surface area contributed by atoms with Crippen molar-refractivity contribution in [3.05, 3.63) is 45.6 Å². The third-order valence-corrected chi connectivity index (χ3v) is 6.37. The van der Waals surface area contributed by atoms with E-state index in [2.05, 4.69) is 5.32 Å². The minimum atomic E-state index is -3.52. The SMILES string of the molecule is CNCc1cc(S(=O)(=O)N(C)c2cccc(C)c2)c(C)s1. The Balaban J connectivity index is 2.42. The van der Waals surface area contributed by atoms with E-state index < -0.39 is 10.0 Å². The fourth-order valence-corrected chi connectivity index (χ4v) is 4.95. The van der Waals surface area contributed by atoms with Gasteiger partial charge in [0.25, 0.3) is 10.0 Å². The molecule has 6 heteroatoms. The molecule has 0 unspecified atom stereocenters. The summed E-state index contributed by atoms with van der Waals surface area (Å²) in [5.41, 5.74) is 1.71. The van der Waals surface area contributed by atoms with Gasteiger partial charge >= 0.3 is 0 Å². The predicted octanol–water partition coefficient (Wildman–Crippen LogP) is 2.91. The smallest absolute Gasteiger partial charge is 0.265 e. The molecule has 1 aromatic carbocycles. The molecule has 0 radical (unpaired) electrons. The molecular weight excluding hydrogens is 304 g/mol. The van der Waals surface area contributed by atoms with E-state index in [9.17, 15) is 8.42 Å². The molecule has 0 aliphatic heterocycles. The standard InChI is InChI=1S/C15H20N2O2S2/c1-11-6-5-7-13(8-11)17(4)21(18,19)15-9-14(10-16-3)20-12(15)2/h5-9,16H,10H2,1-4H3. The van der Waals surface area contributed by atoms with Gasteiger partial charge in [0, 0.05) is 23.3 Å². The highest BCUT2D eigenvalue weighted by Gasteiger charge is 2.25. The number of nitrogens with zero attached hydrogens (tertiary/aromatic N) is 1. The second-order valence-corrected chi connectivity index (χ2v) is 8.25. The lowest BCUT2D eigenvalue weighted by atomic mass is 10.2. The highest BCUT2D eigenvalue weighted by Crippen LogP contribution is 2.30. The molecule has 0 saturated heterocycles. The molecule has 2 rings (SSSR count). The lowest BCUT2D eigenvalue weighted by Crippen LogP contribution is -2.26. The van der Waals surface area contributed by atoms with Crippen LogP contribution in [-0.4, -0.2) is 22.5 Å². The van der Waals surface area contributed by atoms with Crippen molar-refractivity contribution < 1.29 is 8.42 Å². The number of benzene rings is 1. The van der Waals surface area contributed by atoms with Crippen LogP contribution in [0, 0.1) is 13.8 Å². The van der Waals surface area contributed by atoms with E-state index >= 15 is 0 Å². The molecule has 0 atom stereocenters. The first-order valence-electron chi connectivity index (χ1n) is 6.65. The summed E-state index contributed by atoms with van der Waals surface area (Å²) >= 11 is 1.51. The third-order valence-electron chi connectivity index (χ3n) is 3.28. The summed E-state index contributed by atoms with van der Waals surface area (Å²) in [6, 6.07) is 9.25. The highest BCUT2D eigenvalue weighted by molar-refractivity contribution is 7.93. The van der Waals surface area contributed by atoms with E-state index in [-0.39, 0.29) is 0 Å². The van der Waals surface area contributed by atoms with Crippen molar-refractivity contribution in [2.24, 2.45) is 0 Å². The molecule has 0 amide bonds. The first kappa shape index (κ1) is 16.0. The van der Waals surface area contributed by atoms with Gasteiger partial charge in [-0.1, -0.05) is 12.1 Å². The zero-order chi connectivity index (χ0) is 15.6. The normalized spacial score (nSPS) is 11.6. The first-order valence-corrected chi connectivity index (χ1v) is 8.91. The summed E-state index contributed by atoms with van der Waals surface area (Å²) in [4.78, 5) is 2.23. The minimum Gasteiger partial charge on any atom is -0.315 e. The van der Waals surface area contributed by atoms with Gasteiger partial charge in [0.2, 0.25) is 0 Å². The van der Waals surface area contributed by atoms with E-state index in [1.807, 2.05) is 39.1 Å². The van der Waals surface area contributed by atoms with Crippen molar-refractivity contribution >= 4 is 27.0 Å². The molecule has 4 nitrogen and oxygen atoms in total. The number of hydrogen-bond acceptors (Lipinski definition) is 4. The van der Waals surface area contributed by atoms with Crippen LogP contribution in [0.5, 0.6) is 0 Å². The largest absolute Gasteiger partial charge is 0.315 e. The van der Waals surface area contributed by atoms with Crippen LogP contribution in [0.25, 0.3) is 0 Å². The molecule has 0 saturated carbocycles. The van der Waals surface area contributed by atoms with Gasteiger partial charge in [-0.05, 0) is 44.7 Å². The van der Waals surface area contributed by atoms with E-state index in [0.717, 1.165) is 15.3 Å². The van der Waals surface area contributed by atoms with Crippen molar-refractivity contribution in [3.8, 4) is 0 Å². The Hall–Kier alpha value is -1.37. The van der Waals surface area contributed by atoms with Crippen molar-refractivity contribution in [3.63, 3.8) is 0 Å². The molecule has 0 aliphatic carbocycles. The van der Waals surface area contributed by atoms with Gasteiger partial charge in [0.1, 0.15) is 4.90 Å². The number of nitrogens with one attached hydrogen (secondary N) is 1. The number of thiophene rings is 1. The quantitative estimate of drug-likeness (QED) is 0.920. The summed E-state index contributed by atoms with van der Waals surface area (Å²) in [6.45, 7) is 4.47. The first-order chi connectivity index (χ1) is 9.86. The molecule has 1 N–H and O–H groups in total. The Labute approximate surface area is 130 Å². The molecule has 1 aromatic heterocycles. The molecule has 0 aliphatic rings. The van der Waals surface area contributed by atoms with Crippen molar-refractivity contribution in [2.75, 3.05) is 18.4 Å². The van der Waals surface area contributed by atoms with Crippen LogP contribution in [0.3, 0.4) is 0 Å². The van der Waals surface area contributed by atoms with Crippen LogP contribution in [0.4, 0.5) is 5.69 Å². The Morgan fingerprint density at radius 2 is 1.95 bits per heavy atom. The van der Waals surface area contributed by atoms with Crippen LogP contribution in [0.1, 0.15) is 15.3 Å². The lowest BCUT2D eigenvalue weighted by Gasteiger charge is -2.19. The zero-order valence-electron chi connectivity index (χ0n) is 12.7. The molecule has 114 valence electrons. The van der Waals surface area contributed by atoms with Crippen LogP contribution in [-0.2, 0) is 16.6 Å². The second-order valence-electron chi connectivity index (χ2n) is 4.98. The van der Waals surface area contributed by atoms with Gasteiger partial charge in [-0.3, -0.25) is 4.31 Å². The maximum atomic E-state index is 12.8. The van der Waals surface area contributed by atoms with Crippen LogP contribution in [0.15, 0.2) is 35.2 Å². The van der Waals surface area contributed by atoms with Crippen molar-refractivity contribution in [1.82, 2.24) is 5.32 Å². The molecule has 1 heterocycles. The van der Waals surface area contributed by atoms with E-state index in [1.165, 1.54) is 15.6 Å². The third kappa shape index (κ3) is 3.28. The average molecular weight is 324 g/mol. The fraction of sp³-hybridized carbons (Fsp3) is 0.333. The van der Waals surface area contributed by atoms with E-state index in [1.54, 1.807) is 19.2 Å². The Morgan fingerprint density at radius 1 is 1.24 bits per heavy atom. The number of anilines is 1. The molecule has 0 spiro atoms. The van der Waals surface area contributed by atoms with E-state index in [0.29, 0.717) is 17.1 Å². The Kier molecular flexibility index (Phi) is 4.70. The minimum absolute atomic E-state index is 0.391. The summed E-state index contributed by atoms with van der Waals surface area (Å²) in [6.07, 6.45) is 0. The van der Waals surface area contributed by atoms with Crippen LogP contribution in [0.2, 0.25) is 0 Å². The second kappa shape index (κ2) is 6.17.